The van der Waals surface area contributed by atoms with Crippen molar-refractivity contribution >= 4 is 5.97 Å². The lowest BCUT2D eigenvalue weighted by atomic mass is 9.97. The largest absolute Gasteiger partial charge is 0.462 e. The first-order valence-corrected chi connectivity index (χ1v) is 5.34. The van der Waals surface area contributed by atoms with Crippen LogP contribution in [0.1, 0.15) is 27.2 Å². The third-order valence-corrected chi connectivity index (χ3v) is 2.40. The minimum absolute atomic E-state index is 0.0584. The van der Waals surface area contributed by atoms with Crippen LogP contribution in [0.5, 0.6) is 0 Å². The normalized spacial score (nSPS) is 30.4. The standard InChI is InChI=1S/C11H19FO4/c1-11(2,3)10(13)15-6-8-7(12)5-9(14-4)16-8/h7-9H,5-6H2,1-4H3. The van der Waals surface area contributed by atoms with Crippen molar-refractivity contribution < 1.29 is 23.4 Å². The van der Waals surface area contributed by atoms with E-state index in [1.165, 1.54) is 7.11 Å². The van der Waals surface area contributed by atoms with Gasteiger partial charge in [0.1, 0.15) is 18.9 Å². The van der Waals surface area contributed by atoms with Crippen LogP contribution >= 0.6 is 0 Å². The minimum Gasteiger partial charge on any atom is -0.462 e. The van der Waals surface area contributed by atoms with Gasteiger partial charge in [-0.1, -0.05) is 0 Å². The molecular weight excluding hydrogens is 215 g/mol. The summed E-state index contributed by atoms with van der Waals surface area (Å²) in [6.07, 6.45) is -2.20. The second kappa shape index (κ2) is 5.10. The van der Waals surface area contributed by atoms with Crippen molar-refractivity contribution in [1.82, 2.24) is 0 Å². The Bertz CT molecular complexity index is 249. The van der Waals surface area contributed by atoms with Gasteiger partial charge in [0.15, 0.2) is 6.29 Å². The number of methoxy groups -OCH3 is 1. The highest BCUT2D eigenvalue weighted by Crippen LogP contribution is 2.24. The van der Waals surface area contributed by atoms with E-state index in [0.29, 0.717) is 0 Å². The molecule has 0 amide bonds. The second-order valence-corrected chi connectivity index (χ2v) is 4.94. The maximum absolute atomic E-state index is 13.4. The fourth-order valence-electron chi connectivity index (χ4n) is 1.34. The number of hydrogen-bond donors (Lipinski definition) is 0. The van der Waals surface area contributed by atoms with Crippen molar-refractivity contribution in [3.05, 3.63) is 0 Å². The number of rotatable bonds is 3. The molecule has 16 heavy (non-hydrogen) atoms. The summed E-state index contributed by atoms with van der Waals surface area (Å²) in [5.74, 6) is -0.357. The summed E-state index contributed by atoms with van der Waals surface area (Å²) in [6.45, 7) is 5.18. The number of hydrogen-bond acceptors (Lipinski definition) is 4. The highest BCUT2D eigenvalue weighted by Gasteiger charge is 2.37. The lowest BCUT2D eigenvalue weighted by Crippen LogP contribution is -2.30. The second-order valence-electron chi connectivity index (χ2n) is 4.94. The van der Waals surface area contributed by atoms with E-state index in [0.717, 1.165) is 0 Å². The molecule has 1 heterocycles. The number of carbonyl (C=O) groups excluding carboxylic acids is 1. The molecule has 1 aliphatic heterocycles. The van der Waals surface area contributed by atoms with Gasteiger partial charge in [-0.25, -0.2) is 4.39 Å². The Labute approximate surface area is 95.1 Å². The fourth-order valence-corrected chi connectivity index (χ4v) is 1.34. The van der Waals surface area contributed by atoms with E-state index in [9.17, 15) is 9.18 Å². The molecule has 1 aliphatic rings. The van der Waals surface area contributed by atoms with Crippen LogP contribution in [0.15, 0.2) is 0 Å². The van der Waals surface area contributed by atoms with Crippen LogP contribution in [0.3, 0.4) is 0 Å². The Morgan fingerprint density at radius 3 is 2.56 bits per heavy atom. The summed E-state index contributed by atoms with van der Waals surface area (Å²) in [6, 6.07) is 0. The van der Waals surface area contributed by atoms with Crippen LogP contribution in [0, 0.1) is 5.41 Å². The van der Waals surface area contributed by atoms with Crippen molar-refractivity contribution in [3.8, 4) is 0 Å². The molecule has 0 N–H and O–H groups in total. The first kappa shape index (κ1) is 13.4. The van der Waals surface area contributed by atoms with E-state index in [-0.39, 0.29) is 19.0 Å². The minimum atomic E-state index is -1.14. The molecule has 0 bridgehead atoms. The number of halogens is 1. The molecule has 0 aromatic carbocycles. The molecule has 0 aromatic heterocycles. The first-order valence-electron chi connectivity index (χ1n) is 5.34. The fraction of sp³-hybridized carbons (Fsp3) is 0.909. The van der Waals surface area contributed by atoms with Crippen LogP contribution < -0.4 is 0 Å². The van der Waals surface area contributed by atoms with Gasteiger partial charge in [-0.2, -0.15) is 0 Å². The van der Waals surface area contributed by atoms with Crippen LogP contribution in [0.4, 0.5) is 4.39 Å². The van der Waals surface area contributed by atoms with Crippen molar-refractivity contribution in [1.29, 1.82) is 0 Å². The zero-order valence-corrected chi connectivity index (χ0v) is 10.2. The molecule has 0 aromatic rings. The number of esters is 1. The van der Waals surface area contributed by atoms with Crippen molar-refractivity contribution in [3.63, 3.8) is 0 Å². The smallest absolute Gasteiger partial charge is 0.311 e. The molecular formula is C11H19FO4. The Balaban J connectivity index is 2.36. The van der Waals surface area contributed by atoms with Crippen LogP contribution in [-0.4, -0.2) is 38.3 Å². The summed E-state index contributed by atoms with van der Waals surface area (Å²) < 4.78 is 28.5. The van der Waals surface area contributed by atoms with Gasteiger partial charge >= 0.3 is 5.97 Å². The van der Waals surface area contributed by atoms with Crippen molar-refractivity contribution in [2.24, 2.45) is 5.41 Å². The molecule has 5 heteroatoms. The molecule has 1 fully saturated rings. The summed E-state index contributed by atoms with van der Waals surface area (Å²) >= 11 is 0. The van der Waals surface area contributed by atoms with Crippen LogP contribution in [0.25, 0.3) is 0 Å². The van der Waals surface area contributed by atoms with E-state index < -0.39 is 24.0 Å². The predicted octanol–water partition coefficient (Wildman–Crippen LogP) is 1.68. The van der Waals surface area contributed by atoms with Gasteiger partial charge in [0.05, 0.1) is 5.41 Å². The third-order valence-electron chi connectivity index (χ3n) is 2.40. The van der Waals surface area contributed by atoms with Gasteiger partial charge in [0.2, 0.25) is 0 Å². The predicted molar refractivity (Wildman–Crippen MR) is 55.6 cm³/mol. The SMILES string of the molecule is COC1CC(F)C(COC(=O)C(C)(C)C)O1. The quantitative estimate of drug-likeness (QED) is 0.697. The summed E-state index contributed by atoms with van der Waals surface area (Å²) in [4.78, 5) is 11.4. The van der Waals surface area contributed by atoms with Gasteiger partial charge in [-0.15, -0.1) is 0 Å². The highest BCUT2D eigenvalue weighted by atomic mass is 19.1. The Morgan fingerprint density at radius 1 is 1.50 bits per heavy atom. The molecule has 1 rings (SSSR count). The monoisotopic (exact) mass is 234 g/mol. The Morgan fingerprint density at radius 2 is 2.12 bits per heavy atom. The Hall–Kier alpha value is -0.680. The molecule has 0 saturated carbocycles. The van der Waals surface area contributed by atoms with Gasteiger partial charge in [0, 0.05) is 13.5 Å². The van der Waals surface area contributed by atoms with E-state index in [1.807, 2.05) is 0 Å². The molecule has 94 valence electrons. The zero-order chi connectivity index (χ0) is 12.3. The number of ether oxygens (including phenoxy) is 3. The maximum Gasteiger partial charge on any atom is 0.311 e. The average Bonchev–Trinajstić information content (AvgIpc) is 2.54. The topological polar surface area (TPSA) is 44.8 Å². The van der Waals surface area contributed by atoms with E-state index >= 15 is 0 Å². The van der Waals surface area contributed by atoms with Crippen molar-refractivity contribution in [2.45, 2.75) is 45.8 Å². The lowest BCUT2D eigenvalue weighted by molar-refractivity contribution is -0.164. The number of alkyl halides is 1. The highest BCUT2D eigenvalue weighted by molar-refractivity contribution is 5.75. The van der Waals surface area contributed by atoms with Crippen LogP contribution in [-0.2, 0) is 19.0 Å². The zero-order valence-electron chi connectivity index (χ0n) is 10.2. The molecule has 1 saturated heterocycles. The molecule has 0 radical (unpaired) electrons. The molecule has 0 aliphatic carbocycles. The summed E-state index contributed by atoms with van der Waals surface area (Å²) in [5.41, 5.74) is -0.578. The van der Waals surface area contributed by atoms with E-state index in [4.69, 9.17) is 14.2 Å². The van der Waals surface area contributed by atoms with Gasteiger partial charge in [-0.3, -0.25) is 4.79 Å². The first-order chi connectivity index (χ1) is 7.34. The lowest BCUT2D eigenvalue weighted by Gasteiger charge is -2.19. The maximum atomic E-state index is 13.4. The van der Waals surface area contributed by atoms with E-state index in [2.05, 4.69) is 0 Å². The van der Waals surface area contributed by atoms with Gasteiger partial charge < -0.3 is 14.2 Å². The van der Waals surface area contributed by atoms with Crippen LogP contribution in [0.2, 0.25) is 0 Å². The summed E-state index contributed by atoms with van der Waals surface area (Å²) in [7, 11) is 1.46. The molecule has 3 atom stereocenters. The van der Waals surface area contributed by atoms with Crippen molar-refractivity contribution in [2.75, 3.05) is 13.7 Å². The molecule has 4 nitrogen and oxygen atoms in total. The third kappa shape index (κ3) is 3.42. The van der Waals surface area contributed by atoms with E-state index in [1.54, 1.807) is 20.8 Å². The number of carbonyl (C=O) groups is 1. The summed E-state index contributed by atoms with van der Waals surface area (Å²) in [5, 5.41) is 0. The Kier molecular flexibility index (Phi) is 4.27. The molecule has 3 unspecified atom stereocenters. The van der Waals surface area contributed by atoms with Gasteiger partial charge in [-0.05, 0) is 20.8 Å². The van der Waals surface area contributed by atoms with Gasteiger partial charge in [0.25, 0.3) is 0 Å². The molecule has 0 spiro atoms. The average molecular weight is 234 g/mol.